The topological polar surface area (TPSA) is 52.8 Å². The van der Waals surface area contributed by atoms with Crippen molar-refractivity contribution in [1.29, 1.82) is 0 Å². The van der Waals surface area contributed by atoms with E-state index in [9.17, 15) is 0 Å². The molecule has 0 aliphatic rings. The summed E-state index contributed by atoms with van der Waals surface area (Å²) in [7, 11) is 1.57. The number of hydrogen-bond donors (Lipinski definition) is 0. The van der Waals surface area contributed by atoms with Crippen molar-refractivity contribution in [3.8, 4) is 5.88 Å². The SMILES string of the molecule is COc1ncnc2c1nc(CCl)n2C(C)c1ccccc1. The molecule has 21 heavy (non-hydrogen) atoms. The van der Waals surface area contributed by atoms with Crippen LogP contribution >= 0.6 is 11.6 Å². The summed E-state index contributed by atoms with van der Waals surface area (Å²) < 4.78 is 7.29. The van der Waals surface area contributed by atoms with Gasteiger partial charge in [0.25, 0.3) is 0 Å². The first kappa shape index (κ1) is 13.8. The van der Waals surface area contributed by atoms with Crippen molar-refractivity contribution >= 4 is 22.8 Å². The van der Waals surface area contributed by atoms with Crippen molar-refractivity contribution in [1.82, 2.24) is 19.5 Å². The predicted molar refractivity (Wildman–Crippen MR) is 81.7 cm³/mol. The van der Waals surface area contributed by atoms with Gasteiger partial charge in [0.1, 0.15) is 12.2 Å². The maximum absolute atomic E-state index is 6.06. The first-order valence-electron chi connectivity index (χ1n) is 6.63. The molecule has 2 aromatic heterocycles. The largest absolute Gasteiger partial charge is 0.479 e. The molecule has 0 fully saturated rings. The van der Waals surface area contributed by atoms with Gasteiger partial charge in [0.15, 0.2) is 11.2 Å². The number of ether oxygens (including phenoxy) is 1. The molecule has 0 saturated heterocycles. The van der Waals surface area contributed by atoms with Gasteiger partial charge in [-0.25, -0.2) is 9.97 Å². The van der Waals surface area contributed by atoms with Gasteiger partial charge < -0.3 is 9.30 Å². The summed E-state index contributed by atoms with van der Waals surface area (Å²) in [5.41, 5.74) is 2.54. The van der Waals surface area contributed by atoms with Crippen LogP contribution in [0.25, 0.3) is 11.2 Å². The Balaban J connectivity index is 2.21. The molecule has 0 amide bonds. The van der Waals surface area contributed by atoms with Gasteiger partial charge in [0.05, 0.1) is 19.0 Å². The minimum absolute atomic E-state index is 0.0737. The summed E-state index contributed by atoms with van der Waals surface area (Å²) in [6.07, 6.45) is 1.48. The minimum Gasteiger partial charge on any atom is -0.479 e. The van der Waals surface area contributed by atoms with Crippen LogP contribution in [0.2, 0.25) is 0 Å². The van der Waals surface area contributed by atoms with E-state index in [1.54, 1.807) is 7.11 Å². The minimum atomic E-state index is 0.0737. The van der Waals surface area contributed by atoms with Crippen LogP contribution in [0.15, 0.2) is 36.7 Å². The Labute approximate surface area is 127 Å². The molecule has 1 unspecified atom stereocenters. The lowest BCUT2D eigenvalue weighted by molar-refractivity contribution is 0.401. The quantitative estimate of drug-likeness (QED) is 0.695. The average Bonchev–Trinajstić information content (AvgIpc) is 2.93. The van der Waals surface area contributed by atoms with E-state index in [1.807, 2.05) is 22.8 Å². The van der Waals surface area contributed by atoms with Crippen LogP contribution in [0.3, 0.4) is 0 Å². The number of benzene rings is 1. The number of alkyl halides is 1. The number of imidazole rings is 1. The molecule has 1 atom stereocenters. The summed E-state index contributed by atoms with van der Waals surface area (Å²) in [5, 5.41) is 0. The number of rotatable bonds is 4. The Hall–Kier alpha value is -2.14. The van der Waals surface area contributed by atoms with Gasteiger partial charge in [0, 0.05) is 0 Å². The highest BCUT2D eigenvalue weighted by Gasteiger charge is 2.20. The fraction of sp³-hybridized carbons (Fsp3) is 0.267. The molecule has 2 heterocycles. The zero-order valence-corrected chi connectivity index (χ0v) is 12.6. The van der Waals surface area contributed by atoms with Gasteiger partial charge in [0.2, 0.25) is 5.88 Å². The van der Waals surface area contributed by atoms with Crippen molar-refractivity contribution in [2.24, 2.45) is 0 Å². The van der Waals surface area contributed by atoms with Gasteiger partial charge in [-0.15, -0.1) is 11.6 Å². The second-order valence-corrected chi connectivity index (χ2v) is 4.94. The Morgan fingerprint density at radius 1 is 1.24 bits per heavy atom. The highest BCUT2D eigenvalue weighted by atomic mass is 35.5. The first-order chi connectivity index (χ1) is 10.3. The first-order valence-corrected chi connectivity index (χ1v) is 7.16. The fourth-order valence-electron chi connectivity index (χ4n) is 2.46. The lowest BCUT2D eigenvalue weighted by Gasteiger charge is -2.16. The van der Waals surface area contributed by atoms with Crippen LogP contribution < -0.4 is 4.74 Å². The Morgan fingerprint density at radius 3 is 2.67 bits per heavy atom. The van der Waals surface area contributed by atoms with Crippen molar-refractivity contribution < 1.29 is 4.74 Å². The number of fused-ring (bicyclic) bond motifs is 1. The molecule has 0 aliphatic heterocycles. The number of aromatic nitrogens is 4. The molecule has 0 aliphatic carbocycles. The predicted octanol–water partition coefficient (Wildman–Crippen LogP) is 3.18. The molecule has 0 radical (unpaired) electrons. The third-order valence-electron chi connectivity index (χ3n) is 3.50. The maximum Gasteiger partial charge on any atom is 0.245 e. The van der Waals surface area contributed by atoms with Gasteiger partial charge in [-0.3, -0.25) is 0 Å². The Bertz CT molecular complexity index is 757. The molecule has 0 bridgehead atoms. The third kappa shape index (κ3) is 2.34. The van der Waals surface area contributed by atoms with Crippen molar-refractivity contribution in [3.05, 3.63) is 48.0 Å². The molecule has 0 saturated carbocycles. The molecule has 3 rings (SSSR count). The number of halogens is 1. The van der Waals surface area contributed by atoms with Gasteiger partial charge >= 0.3 is 0 Å². The molecule has 108 valence electrons. The highest BCUT2D eigenvalue weighted by molar-refractivity contribution is 6.16. The number of methoxy groups -OCH3 is 1. The second kappa shape index (κ2) is 5.69. The van der Waals surface area contributed by atoms with Crippen LogP contribution in [0.5, 0.6) is 5.88 Å². The van der Waals surface area contributed by atoms with Crippen LogP contribution in [0.1, 0.15) is 24.4 Å². The number of hydrogen-bond acceptors (Lipinski definition) is 4. The maximum atomic E-state index is 6.06. The Kier molecular flexibility index (Phi) is 3.75. The summed E-state index contributed by atoms with van der Waals surface area (Å²) in [6, 6.07) is 10.3. The van der Waals surface area contributed by atoms with Gasteiger partial charge in [-0.2, -0.15) is 4.98 Å². The van der Waals surface area contributed by atoms with Crippen LogP contribution in [0.4, 0.5) is 0 Å². The van der Waals surface area contributed by atoms with Gasteiger partial charge in [-0.05, 0) is 12.5 Å². The number of nitrogens with zero attached hydrogens (tertiary/aromatic N) is 4. The lowest BCUT2D eigenvalue weighted by Crippen LogP contribution is -2.10. The molecular weight excluding hydrogens is 288 g/mol. The summed E-state index contributed by atoms with van der Waals surface area (Å²) in [5.74, 6) is 1.52. The molecule has 1 aromatic carbocycles. The fourth-order valence-corrected chi connectivity index (χ4v) is 2.65. The third-order valence-corrected chi connectivity index (χ3v) is 3.74. The Morgan fingerprint density at radius 2 is 2.00 bits per heavy atom. The van der Waals surface area contributed by atoms with Crippen LogP contribution in [-0.4, -0.2) is 26.6 Å². The molecular formula is C15H15ClN4O. The van der Waals surface area contributed by atoms with E-state index < -0.39 is 0 Å². The molecule has 3 aromatic rings. The van der Waals surface area contributed by atoms with Gasteiger partial charge in [-0.1, -0.05) is 30.3 Å². The molecule has 0 N–H and O–H groups in total. The monoisotopic (exact) mass is 302 g/mol. The smallest absolute Gasteiger partial charge is 0.245 e. The summed E-state index contributed by atoms with van der Waals surface area (Å²) in [6.45, 7) is 2.10. The zero-order chi connectivity index (χ0) is 14.8. The summed E-state index contributed by atoms with van der Waals surface area (Å²) >= 11 is 6.06. The molecule has 5 nitrogen and oxygen atoms in total. The van der Waals surface area contributed by atoms with E-state index in [2.05, 4.69) is 34.0 Å². The van der Waals surface area contributed by atoms with Crippen LogP contribution in [-0.2, 0) is 5.88 Å². The normalized spacial score (nSPS) is 12.5. The molecule has 0 spiro atoms. The zero-order valence-electron chi connectivity index (χ0n) is 11.8. The second-order valence-electron chi connectivity index (χ2n) is 4.67. The average molecular weight is 303 g/mol. The highest BCUT2D eigenvalue weighted by Crippen LogP contribution is 2.28. The van der Waals surface area contributed by atoms with E-state index in [0.717, 1.165) is 11.5 Å². The van der Waals surface area contributed by atoms with Crippen molar-refractivity contribution in [3.63, 3.8) is 0 Å². The summed E-state index contributed by atoms with van der Waals surface area (Å²) in [4.78, 5) is 13.0. The van der Waals surface area contributed by atoms with Crippen LogP contribution in [0, 0.1) is 0 Å². The van der Waals surface area contributed by atoms with E-state index in [-0.39, 0.29) is 6.04 Å². The lowest BCUT2D eigenvalue weighted by atomic mass is 10.1. The van der Waals surface area contributed by atoms with E-state index in [0.29, 0.717) is 17.3 Å². The van der Waals surface area contributed by atoms with Crippen molar-refractivity contribution in [2.75, 3.05) is 7.11 Å². The van der Waals surface area contributed by atoms with E-state index in [4.69, 9.17) is 16.3 Å². The van der Waals surface area contributed by atoms with E-state index >= 15 is 0 Å². The standard InChI is InChI=1S/C15H15ClN4O/c1-10(11-6-4-3-5-7-11)20-12(8-16)19-13-14(20)17-9-18-15(13)21-2/h3-7,9-10H,8H2,1-2H3. The van der Waals surface area contributed by atoms with E-state index in [1.165, 1.54) is 11.9 Å². The van der Waals surface area contributed by atoms with Crippen molar-refractivity contribution in [2.45, 2.75) is 18.8 Å². The molecule has 6 heteroatoms.